The lowest BCUT2D eigenvalue weighted by Crippen LogP contribution is -2.48. The Morgan fingerprint density at radius 2 is 1.91 bits per heavy atom. The second kappa shape index (κ2) is 3.11. The molecule has 1 N–H and O–H groups in total. The largest absolute Gasteiger partial charge is 0.314 e. The van der Waals surface area contributed by atoms with Crippen LogP contribution in [0.3, 0.4) is 0 Å². The van der Waals surface area contributed by atoms with Gasteiger partial charge in [-0.05, 0) is 25.7 Å². The molecule has 0 bridgehead atoms. The molecule has 1 saturated carbocycles. The van der Waals surface area contributed by atoms with E-state index in [0.29, 0.717) is 0 Å². The third-order valence-corrected chi connectivity index (χ3v) is 3.03. The summed E-state index contributed by atoms with van der Waals surface area (Å²) in [4.78, 5) is 2.63. The van der Waals surface area contributed by atoms with Gasteiger partial charge in [-0.3, -0.25) is 4.90 Å². The Labute approximate surface area is 69.0 Å². The molecule has 0 aromatic heterocycles. The summed E-state index contributed by atoms with van der Waals surface area (Å²) in [6.45, 7) is 7.30. The van der Waals surface area contributed by atoms with E-state index in [1.54, 1.807) is 0 Å². The Kier molecular flexibility index (Phi) is 2.14. The van der Waals surface area contributed by atoms with Gasteiger partial charge in [-0.1, -0.05) is 0 Å². The molecule has 0 unspecified atom stereocenters. The van der Waals surface area contributed by atoms with E-state index in [1.807, 2.05) is 0 Å². The molecule has 1 saturated heterocycles. The highest BCUT2D eigenvalue weighted by molar-refractivity contribution is 4.86. The molecule has 2 rings (SSSR count). The number of hydrogen-bond donors (Lipinski definition) is 1. The Hall–Kier alpha value is -0.0800. The van der Waals surface area contributed by atoms with Crippen LogP contribution >= 0.6 is 0 Å². The topological polar surface area (TPSA) is 15.3 Å². The highest BCUT2D eigenvalue weighted by Crippen LogP contribution is 2.34. The summed E-state index contributed by atoms with van der Waals surface area (Å²) in [5.74, 6) is 1.04. The maximum atomic E-state index is 3.39. The monoisotopic (exact) mass is 154 g/mol. The van der Waals surface area contributed by atoms with Crippen molar-refractivity contribution < 1.29 is 0 Å². The van der Waals surface area contributed by atoms with Crippen LogP contribution in [-0.4, -0.2) is 37.1 Å². The summed E-state index contributed by atoms with van der Waals surface area (Å²) in [7, 11) is 0. The fourth-order valence-electron chi connectivity index (χ4n) is 1.97. The summed E-state index contributed by atoms with van der Waals surface area (Å²) >= 11 is 0. The first-order valence-electron chi connectivity index (χ1n) is 4.82. The van der Waals surface area contributed by atoms with E-state index in [1.165, 1.54) is 39.0 Å². The molecule has 0 radical (unpaired) electrons. The van der Waals surface area contributed by atoms with Crippen LogP contribution in [0.15, 0.2) is 0 Å². The maximum Gasteiger partial charge on any atom is 0.0110 e. The average Bonchev–Trinajstić information content (AvgIpc) is 2.87. The normalized spacial score (nSPS) is 30.3. The first kappa shape index (κ1) is 7.56. The van der Waals surface area contributed by atoms with Crippen molar-refractivity contribution in [3.8, 4) is 0 Å². The first-order chi connectivity index (χ1) is 5.38. The van der Waals surface area contributed by atoms with E-state index in [-0.39, 0.29) is 0 Å². The van der Waals surface area contributed by atoms with Crippen molar-refractivity contribution in [3.05, 3.63) is 0 Å². The van der Waals surface area contributed by atoms with Crippen LogP contribution in [0.2, 0.25) is 0 Å². The predicted octanol–water partition coefficient (Wildman–Crippen LogP) is 0.690. The van der Waals surface area contributed by atoms with Gasteiger partial charge in [0.15, 0.2) is 0 Å². The van der Waals surface area contributed by atoms with Crippen LogP contribution in [0.25, 0.3) is 0 Å². The Balaban J connectivity index is 1.81. The lowest BCUT2D eigenvalue weighted by Gasteiger charge is -2.32. The number of rotatable bonds is 2. The minimum absolute atomic E-state index is 0.858. The Bertz CT molecular complexity index is 126. The van der Waals surface area contributed by atoms with Crippen LogP contribution in [0.1, 0.15) is 19.8 Å². The third-order valence-electron chi connectivity index (χ3n) is 3.03. The van der Waals surface area contributed by atoms with Gasteiger partial charge in [0.1, 0.15) is 0 Å². The van der Waals surface area contributed by atoms with Crippen molar-refractivity contribution in [1.82, 2.24) is 10.2 Å². The average molecular weight is 154 g/mol. The molecule has 0 amide bonds. The smallest absolute Gasteiger partial charge is 0.0110 e. The molecule has 64 valence electrons. The van der Waals surface area contributed by atoms with Gasteiger partial charge in [-0.15, -0.1) is 0 Å². The second-order valence-corrected chi connectivity index (χ2v) is 3.86. The van der Waals surface area contributed by atoms with E-state index < -0.39 is 0 Å². The molecule has 1 atom stereocenters. The minimum Gasteiger partial charge on any atom is -0.314 e. The molecule has 11 heavy (non-hydrogen) atoms. The molecular weight excluding hydrogens is 136 g/mol. The van der Waals surface area contributed by atoms with Gasteiger partial charge in [0, 0.05) is 32.2 Å². The van der Waals surface area contributed by atoms with Gasteiger partial charge >= 0.3 is 0 Å². The zero-order valence-corrected chi connectivity index (χ0v) is 7.34. The molecule has 0 spiro atoms. The molecule has 2 nitrogen and oxygen atoms in total. The van der Waals surface area contributed by atoms with Gasteiger partial charge in [-0.2, -0.15) is 0 Å². The molecule has 0 aromatic carbocycles. The van der Waals surface area contributed by atoms with Crippen LogP contribution in [-0.2, 0) is 0 Å². The van der Waals surface area contributed by atoms with Gasteiger partial charge in [0.05, 0.1) is 0 Å². The van der Waals surface area contributed by atoms with Crippen molar-refractivity contribution >= 4 is 0 Å². The lowest BCUT2D eigenvalue weighted by atomic mass is 10.1. The SMILES string of the molecule is C[C@H](C1CC1)N1CCNCC1. The van der Waals surface area contributed by atoms with Gasteiger partial charge < -0.3 is 5.32 Å². The van der Waals surface area contributed by atoms with E-state index >= 15 is 0 Å². The highest BCUT2D eigenvalue weighted by Gasteiger charge is 2.31. The van der Waals surface area contributed by atoms with Crippen LogP contribution in [0.5, 0.6) is 0 Å². The van der Waals surface area contributed by atoms with Crippen molar-refractivity contribution in [2.45, 2.75) is 25.8 Å². The lowest BCUT2D eigenvalue weighted by molar-refractivity contribution is 0.168. The van der Waals surface area contributed by atoms with Gasteiger partial charge in [0.2, 0.25) is 0 Å². The van der Waals surface area contributed by atoms with Gasteiger partial charge in [0.25, 0.3) is 0 Å². The number of piperazine rings is 1. The molecule has 2 aliphatic rings. The number of nitrogens with one attached hydrogen (secondary N) is 1. The summed E-state index contributed by atoms with van der Waals surface area (Å²) < 4.78 is 0. The Morgan fingerprint density at radius 3 is 2.45 bits per heavy atom. The van der Waals surface area contributed by atoms with E-state index in [0.717, 1.165) is 12.0 Å². The number of hydrogen-bond acceptors (Lipinski definition) is 2. The highest BCUT2D eigenvalue weighted by atomic mass is 15.2. The predicted molar refractivity (Wildman–Crippen MR) is 46.6 cm³/mol. The summed E-state index contributed by atoms with van der Waals surface area (Å²) in [6, 6.07) is 0.858. The first-order valence-corrected chi connectivity index (χ1v) is 4.82. The van der Waals surface area contributed by atoms with Crippen molar-refractivity contribution in [2.24, 2.45) is 5.92 Å². The molecule has 2 fully saturated rings. The van der Waals surface area contributed by atoms with Crippen molar-refractivity contribution in [1.29, 1.82) is 0 Å². The summed E-state index contributed by atoms with van der Waals surface area (Å²) in [5, 5.41) is 3.39. The van der Waals surface area contributed by atoms with Crippen molar-refractivity contribution in [3.63, 3.8) is 0 Å². The fraction of sp³-hybridized carbons (Fsp3) is 1.00. The zero-order chi connectivity index (χ0) is 7.68. The zero-order valence-electron chi connectivity index (χ0n) is 7.34. The third kappa shape index (κ3) is 1.74. The standard InChI is InChI=1S/C9H18N2/c1-8(9-2-3-9)11-6-4-10-5-7-11/h8-10H,2-7H2,1H3/t8-/m1/s1. The van der Waals surface area contributed by atoms with Crippen molar-refractivity contribution in [2.75, 3.05) is 26.2 Å². The molecule has 1 heterocycles. The quantitative estimate of drug-likeness (QED) is 0.629. The molecule has 2 heteroatoms. The maximum absolute atomic E-state index is 3.39. The van der Waals surface area contributed by atoms with Crippen LogP contribution < -0.4 is 5.32 Å². The minimum atomic E-state index is 0.858. The molecule has 1 aliphatic carbocycles. The molecule has 1 aliphatic heterocycles. The van der Waals surface area contributed by atoms with Crippen LogP contribution in [0, 0.1) is 5.92 Å². The summed E-state index contributed by atoms with van der Waals surface area (Å²) in [5.41, 5.74) is 0. The fourth-order valence-corrected chi connectivity index (χ4v) is 1.97. The van der Waals surface area contributed by atoms with E-state index in [4.69, 9.17) is 0 Å². The summed E-state index contributed by atoms with van der Waals surface area (Å²) in [6.07, 6.45) is 2.95. The van der Waals surface area contributed by atoms with Crippen LogP contribution in [0.4, 0.5) is 0 Å². The molecule has 0 aromatic rings. The van der Waals surface area contributed by atoms with E-state index in [9.17, 15) is 0 Å². The van der Waals surface area contributed by atoms with E-state index in [2.05, 4.69) is 17.1 Å². The molecular formula is C9H18N2. The second-order valence-electron chi connectivity index (χ2n) is 3.86. The Morgan fingerprint density at radius 1 is 1.27 bits per heavy atom. The van der Waals surface area contributed by atoms with Gasteiger partial charge in [-0.25, -0.2) is 0 Å². The number of nitrogens with zero attached hydrogens (tertiary/aromatic N) is 1.